The maximum Gasteiger partial charge on any atom is 0.138 e. The van der Waals surface area contributed by atoms with Gasteiger partial charge in [-0.05, 0) is 12.1 Å². The van der Waals surface area contributed by atoms with Gasteiger partial charge in [-0.1, -0.05) is 70.2 Å². The largest absolute Gasteiger partial charge is 0.338 e. The van der Waals surface area contributed by atoms with Crippen molar-refractivity contribution in [3.63, 3.8) is 0 Å². The van der Waals surface area contributed by atoms with Gasteiger partial charge in [-0.25, -0.2) is 4.98 Å². The van der Waals surface area contributed by atoms with Crippen LogP contribution in [0.15, 0.2) is 54.6 Å². The molecule has 0 amide bonds. The van der Waals surface area contributed by atoms with Crippen molar-refractivity contribution in [2.24, 2.45) is 0 Å². The average molecular weight is 254 g/mol. The highest BCUT2D eigenvalue weighted by Crippen LogP contribution is 2.19. The van der Waals surface area contributed by atoms with Gasteiger partial charge in [0.1, 0.15) is 5.82 Å². The molecule has 3 aromatic rings. The van der Waals surface area contributed by atoms with E-state index in [0.717, 1.165) is 22.4 Å². The number of rotatable bonds is 1. The summed E-state index contributed by atoms with van der Waals surface area (Å²) >= 11 is 0. The van der Waals surface area contributed by atoms with E-state index in [0.29, 0.717) is 0 Å². The Kier molecular flexibility index (Phi) is 6.37. The number of fused-ring (bicyclic) bond motifs is 1. The third kappa shape index (κ3) is 3.68. The molecule has 0 fully saturated rings. The van der Waals surface area contributed by atoms with Crippen LogP contribution in [0, 0.1) is 0 Å². The van der Waals surface area contributed by atoms with Gasteiger partial charge in [-0.15, -0.1) is 0 Å². The Bertz CT molecular complexity index is 549. The summed E-state index contributed by atoms with van der Waals surface area (Å²) in [5, 5.41) is 0. The summed E-state index contributed by atoms with van der Waals surface area (Å²) in [5.41, 5.74) is 3.21. The third-order valence-corrected chi connectivity index (χ3v) is 2.44. The zero-order valence-electron chi connectivity index (χ0n) is 12.1. The highest BCUT2D eigenvalue weighted by Gasteiger charge is 2.02. The summed E-state index contributed by atoms with van der Waals surface area (Å²) in [6.07, 6.45) is 0. The van der Waals surface area contributed by atoms with Gasteiger partial charge in [0.05, 0.1) is 11.0 Å². The van der Waals surface area contributed by atoms with Gasteiger partial charge in [0.2, 0.25) is 0 Å². The Morgan fingerprint density at radius 2 is 1.32 bits per heavy atom. The molecule has 2 heteroatoms. The molecule has 3 rings (SSSR count). The minimum atomic E-state index is 0.928. The third-order valence-electron chi connectivity index (χ3n) is 2.44. The Labute approximate surface area is 115 Å². The molecule has 0 saturated carbocycles. The Morgan fingerprint density at radius 1 is 0.737 bits per heavy atom. The van der Waals surface area contributed by atoms with Crippen molar-refractivity contribution in [1.29, 1.82) is 0 Å². The average Bonchev–Trinajstić information content (AvgIpc) is 2.96. The van der Waals surface area contributed by atoms with Crippen LogP contribution < -0.4 is 0 Å². The van der Waals surface area contributed by atoms with Crippen molar-refractivity contribution in [3.8, 4) is 11.4 Å². The van der Waals surface area contributed by atoms with Crippen molar-refractivity contribution in [2.75, 3.05) is 0 Å². The van der Waals surface area contributed by atoms with Gasteiger partial charge >= 0.3 is 0 Å². The minimum Gasteiger partial charge on any atom is -0.338 e. The fraction of sp³-hybridized carbons (Fsp3) is 0.235. The van der Waals surface area contributed by atoms with Crippen molar-refractivity contribution in [1.82, 2.24) is 9.97 Å². The van der Waals surface area contributed by atoms with Crippen LogP contribution in [0.25, 0.3) is 22.4 Å². The predicted molar refractivity (Wildman–Crippen MR) is 84.2 cm³/mol. The molecule has 1 aromatic heterocycles. The highest BCUT2D eigenvalue weighted by atomic mass is 14.9. The number of aromatic nitrogens is 2. The van der Waals surface area contributed by atoms with E-state index in [4.69, 9.17) is 0 Å². The Morgan fingerprint density at radius 3 is 1.95 bits per heavy atom. The zero-order chi connectivity index (χ0) is 14.1. The molecule has 2 aromatic carbocycles. The second kappa shape index (κ2) is 8.09. The summed E-state index contributed by atoms with van der Waals surface area (Å²) < 4.78 is 0. The van der Waals surface area contributed by atoms with Crippen LogP contribution in [0.1, 0.15) is 27.7 Å². The van der Waals surface area contributed by atoms with Gasteiger partial charge in [0, 0.05) is 5.56 Å². The van der Waals surface area contributed by atoms with E-state index in [1.165, 1.54) is 0 Å². The summed E-state index contributed by atoms with van der Waals surface area (Å²) in [7, 11) is 0. The molecular formula is C17H22N2. The van der Waals surface area contributed by atoms with Crippen LogP contribution in [0.5, 0.6) is 0 Å². The monoisotopic (exact) mass is 254 g/mol. The van der Waals surface area contributed by atoms with Crippen LogP contribution in [-0.4, -0.2) is 9.97 Å². The van der Waals surface area contributed by atoms with E-state index in [-0.39, 0.29) is 0 Å². The van der Waals surface area contributed by atoms with Crippen molar-refractivity contribution in [2.45, 2.75) is 27.7 Å². The number of H-pyrrole nitrogens is 1. The molecule has 1 heterocycles. The van der Waals surface area contributed by atoms with Crippen molar-refractivity contribution in [3.05, 3.63) is 54.6 Å². The standard InChI is InChI=1S/C13H10N2.2C2H6/c1-2-6-10(7-3-1)13-14-11-8-4-5-9-12(11)15-13;2*1-2/h1-9H,(H,14,15);2*1-2H3. The summed E-state index contributed by atoms with van der Waals surface area (Å²) in [6.45, 7) is 8.00. The molecule has 1 N–H and O–H groups in total. The first-order valence-corrected chi connectivity index (χ1v) is 6.94. The van der Waals surface area contributed by atoms with Gasteiger partial charge < -0.3 is 4.98 Å². The van der Waals surface area contributed by atoms with Crippen LogP contribution in [0.3, 0.4) is 0 Å². The van der Waals surface area contributed by atoms with Crippen LogP contribution >= 0.6 is 0 Å². The van der Waals surface area contributed by atoms with Gasteiger partial charge in [0.15, 0.2) is 0 Å². The molecule has 0 aliphatic carbocycles. The number of hydrogen-bond donors (Lipinski definition) is 1. The predicted octanol–water partition coefficient (Wildman–Crippen LogP) is 5.28. The molecule has 2 nitrogen and oxygen atoms in total. The minimum absolute atomic E-state index is 0.928. The lowest BCUT2D eigenvalue weighted by atomic mass is 10.2. The topological polar surface area (TPSA) is 28.7 Å². The summed E-state index contributed by atoms with van der Waals surface area (Å²) in [4.78, 5) is 7.83. The molecule has 0 saturated heterocycles. The highest BCUT2D eigenvalue weighted by molar-refractivity contribution is 5.79. The molecule has 0 aliphatic rings. The maximum absolute atomic E-state index is 4.53. The van der Waals surface area contributed by atoms with E-state index in [1.807, 2.05) is 70.2 Å². The number of benzene rings is 2. The molecule has 19 heavy (non-hydrogen) atoms. The van der Waals surface area contributed by atoms with E-state index < -0.39 is 0 Å². The fourth-order valence-electron chi connectivity index (χ4n) is 1.69. The van der Waals surface area contributed by atoms with Crippen molar-refractivity contribution < 1.29 is 0 Å². The number of nitrogens with one attached hydrogen (secondary N) is 1. The Balaban J connectivity index is 0.000000415. The van der Waals surface area contributed by atoms with Crippen LogP contribution in [-0.2, 0) is 0 Å². The van der Waals surface area contributed by atoms with Crippen LogP contribution in [0.2, 0.25) is 0 Å². The first kappa shape index (κ1) is 15.0. The summed E-state index contributed by atoms with van der Waals surface area (Å²) in [5.74, 6) is 0.928. The quantitative estimate of drug-likeness (QED) is 0.628. The number of para-hydroxylation sites is 2. The SMILES string of the molecule is CC.CC.c1ccc(-c2nc3ccccc3[nH]2)cc1. The molecular weight excluding hydrogens is 232 g/mol. The lowest BCUT2D eigenvalue weighted by Gasteiger charge is -1.93. The molecule has 0 bridgehead atoms. The normalized spacial score (nSPS) is 9.05. The molecule has 0 radical (unpaired) electrons. The number of hydrogen-bond acceptors (Lipinski definition) is 1. The van der Waals surface area contributed by atoms with Gasteiger partial charge in [0.25, 0.3) is 0 Å². The van der Waals surface area contributed by atoms with E-state index in [1.54, 1.807) is 0 Å². The first-order valence-electron chi connectivity index (χ1n) is 6.94. The second-order valence-corrected chi connectivity index (χ2v) is 3.47. The maximum atomic E-state index is 4.53. The number of imidazole rings is 1. The van der Waals surface area contributed by atoms with E-state index in [9.17, 15) is 0 Å². The molecule has 0 atom stereocenters. The van der Waals surface area contributed by atoms with Gasteiger partial charge in [-0.2, -0.15) is 0 Å². The van der Waals surface area contributed by atoms with E-state index >= 15 is 0 Å². The zero-order valence-corrected chi connectivity index (χ0v) is 12.1. The number of aromatic amines is 1. The molecule has 0 aliphatic heterocycles. The molecule has 100 valence electrons. The summed E-state index contributed by atoms with van der Waals surface area (Å²) in [6, 6.07) is 18.2. The van der Waals surface area contributed by atoms with Gasteiger partial charge in [-0.3, -0.25) is 0 Å². The molecule has 0 spiro atoms. The van der Waals surface area contributed by atoms with Crippen molar-refractivity contribution >= 4 is 11.0 Å². The fourth-order valence-corrected chi connectivity index (χ4v) is 1.69. The lowest BCUT2D eigenvalue weighted by molar-refractivity contribution is 1.34. The Hall–Kier alpha value is -2.09. The lowest BCUT2D eigenvalue weighted by Crippen LogP contribution is -1.77. The first-order chi connectivity index (χ1) is 9.43. The number of nitrogens with zero attached hydrogens (tertiary/aromatic N) is 1. The second-order valence-electron chi connectivity index (χ2n) is 3.47. The molecule has 0 unspecified atom stereocenters. The van der Waals surface area contributed by atoms with E-state index in [2.05, 4.69) is 22.1 Å². The van der Waals surface area contributed by atoms with Crippen LogP contribution in [0.4, 0.5) is 0 Å². The smallest absolute Gasteiger partial charge is 0.138 e.